The minimum atomic E-state index is -0.101. The van der Waals surface area contributed by atoms with E-state index < -0.39 is 0 Å². The molecule has 0 bridgehead atoms. The summed E-state index contributed by atoms with van der Waals surface area (Å²) in [5.41, 5.74) is 0.568. The van der Waals surface area contributed by atoms with Crippen molar-refractivity contribution in [2.24, 2.45) is 0 Å². The Bertz CT molecular complexity index is 425. The maximum absolute atomic E-state index is 11.6. The molecule has 0 spiro atoms. The van der Waals surface area contributed by atoms with E-state index in [0.717, 1.165) is 12.8 Å². The highest BCUT2D eigenvalue weighted by Crippen LogP contribution is 2.32. The summed E-state index contributed by atoms with van der Waals surface area (Å²) in [4.78, 5) is 11.6. The highest BCUT2D eigenvalue weighted by Gasteiger charge is 2.19. The van der Waals surface area contributed by atoms with Crippen LogP contribution in [0, 0.1) is 0 Å². The number of methoxy groups -OCH3 is 1. The van der Waals surface area contributed by atoms with E-state index in [4.69, 9.17) is 21.1 Å². The molecule has 1 aliphatic rings. The minimum absolute atomic E-state index is 0.0187. The highest BCUT2D eigenvalue weighted by atomic mass is 35.5. The van der Waals surface area contributed by atoms with Gasteiger partial charge in [0.15, 0.2) is 17.3 Å². The van der Waals surface area contributed by atoms with E-state index in [1.807, 2.05) is 0 Å². The highest BCUT2D eigenvalue weighted by molar-refractivity contribution is 6.30. The molecular formula is C14H17ClO3. The summed E-state index contributed by atoms with van der Waals surface area (Å²) in [5, 5.41) is 0. The first-order valence-corrected chi connectivity index (χ1v) is 6.72. The van der Waals surface area contributed by atoms with Crippen molar-refractivity contribution in [1.82, 2.24) is 0 Å². The van der Waals surface area contributed by atoms with E-state index in [-0.39, 0.29) is 17.8 Å². The van der Waals surface area contributed by atoms with Crippen molar-refractivity contribution in [1.29, 1.82) is 0 Å². The second-order valence-corrected chi connectivity index (χ2v) is 4.71. The Hall–Kier alpha value is -1.22. The van der Waals surface area contributed by atoms with Crippen molar-refractivity contribution in [2.45, 2.75) is 31.8 Å². The van der Waals surface area contributed by atoms with Crippen molar-refractivity contribution in [3.8, 4) is 11.5 Å². The molecule has 2 rings (SSSR count). The van der Waals surface area contributed by atoms with Crippen LogP contribution < -0.4 is 9.47 Å². The lowest BCUT2D eigenvalue weighted by atomic mass is 10.1. The Balaban J connectivity index is 2.21. The summed E-state index contributed by atoms with van der Waals surface area (Å²) in [7, 11) is 1.60. The Morgan fingerprint density at radius 2 is 2.06 bits per heavy atom. The number of rotatable bonds is 5. The Morgan fingerprint density at radius 3 is 2.67 bits per heavy atom. The van der Waals surface area contributed by atoms with E-state index in [1.54, 1.807) is 25.3 Å². The standard InChI is InChI=1S/C14H17ClO3/c1-17-13-7-6-10(12(16)9-15)8-14(13)18-11-4-2-3-5-11/h6-8,11H,2-5,9H2,1H3. The number of benzene rings is 1. The van der Waals surface area contributed by atoms with Crippen LogP contribution in [-0.2, 0) is 0 Å². The van der Waals surface area contributed by atoms with Crippen molar-refractivity contribution < 1.29 is 14.3 Å². The molecule has 0 atom stereocenters. The molecule has 1 fully saturated rings. The van der Waals surface area contributed by atoms with Crippen molar-refractivity contribution in [2.75, 3.05) is 13.0 Å². The lowest BCUT2D eigenvalue weighted by Crippen LogP contribution is -2.12. The van der Waals surface area contributed by atoms with Crippen LogP contribution in [0.4, 0.5) is 0 Å². The fourth-order valence-electron chi connectivity index (χ4n) is 2.21. The molecule has 0 N–H and O–H groups in total. The first-order chi connectivity index (χ1) is 8.74. The Kier molecular flexibility index (Phi) is 4.48. The van der Waals surface area contributed by atoms with Crippen LogP contribution in [0.2, 0.25) is 0 Å². The number of ketones is 1. The lowest BCUT2D eigenvalue weighted by Gasteiger charge is -2.16. The molecule has 3 nitrogen and oxygen atoms in total. The molecule has 1 aliphatic carbocycles. The molecule has 1 aromatic carbocycles. The van der Waals surface area contributed by atoms with Gasteiger partial charge in [-0.15, -0.1) is 11.6 Å². The molecule has 0 radical (unpaired) electrons. The first-order valence-electron chi connectivity index (χ1n) is 6.18. The molecule has 0 aromatic heterocycles. The molecule has 1 saturated carbocycles. The molecule has 0 aliphatic heterocycles. The maximum Gasteiger partial charge on any atom is 0.177 e. The van der Waals surface area contributed by atoms with Crippen LogP contribution in [0.5, 0.6) is 11.5 Å². The third kappa shape index (κ3) is 2.96. The van der Waals surface area contributed by atoms with E-state index in [1.165, 1.54) is 12.8 Å². The number of Topliss-reactive ketones (excluding diaryl/α,β-unsaturated/α-hetero) is 1. The van der Waals surface area contributed by atoms with Gasteiger partial charge in [0.1, 0.15) is 0 Å². The van der Waals surface area contributed by atoms with Gasteiger partial charge in [0, 0.05) is 5.56 Å². The van der Waals surface area contributed by atoms with Crippen molar-refractivity contribution >= 4 is 17.4 Å². The van der Waals surface area contributed by atoms with Crippen LogP contribution in [0.25, 0.3) is 0 Å². The van der Waals surface area contributed by atoms with Crippen molar-refractivity contribution in [3.05, 3.63) is 23.8 Å². The zero-order valence-electron chi connectivity index (χ0n) is 10.4. The van der Waals surface area contributed by atoms with Gasteiger partial charge in [-0.1, -0.05) is 0 Å². The molecule has 4 heteroatoms. The largest absolute Gasteiger partial charge is 0.493 e. The number of hydrogen-bond acceptors (Lipinski definition) is 3. The van der Waals surface area contributed by atoms with Crippen LogP contribution in [0.1, 0.15) is 36.0 Å². The first kappa shape index (κ1) is 13.2. The second-order valence-electron chi connectivity index (χ2n) is 4.45. The molecule has 18 heavy (non-hydrogen) atoms. The zero-order chi connectivity index (χ0) is 13.0. The molecule has 98 valence electrons. The van der Waals surface area contributed by atoms with Gasteiger partial charge in [-0.25, -0.2) is 0 Å². The van der Waals surface area contributed by atoms with Gasteiger partial charge < -0.3 is 9.47 Å². The van der Waals surface area contributed by atoms with E-state index in [2.05, 4.69) is 0 Å². The van der Waals surface area contributed by atoms with Gasteiger partial charge in [-0.3, -0.25) is 4.79 Å². The summed E-state index contributed by atoms with van der Waals surface area (Å²) >= 11 is 5.56. The number of hydrogen-bond donors (Lipinski definition) is 0. The number of carbonyl (C=O) groups excluding carboxylic acids is 1. The minimum Gasteiger partial charge on any atom is -0.493 e. The topological polar surface area (TPSA) is 35.5 Å². The van der Waals surface area contributed by atoms with Gasteiger partial charge in [0.25, 0.3) is 0 Å². The molecule has 1 aromatic rings. The molecule has 0 saturated heterocycles. The molecule has 0 unspecified atom stereocenters. The van der Waals surface area contributed by atoms with Crippen molar-refractivity contribution in [3.63, 3.8) is 0 Å². The number of carbonyl (C=O) groups is 1. The normalized spacial score (nSPS) is 15.7. The van der Waals surface area contributed by atoms with E-state index in [0.29, 0.717) is 17.1 Å². The van der Waals surface area contributed by atoms with Crippen LogP contribution >= 0.6 is 11.6 Å². The van der Waals surface area contributed by atoms with Gasteiger partial charge in [-0.05, 0) is 43.9 Å². The SMILES string of the molecule is COc1ccc(C(=O)CCl)cc1OC1CCCC1. The average Bonchev–Trinajstić information content (AvgIpc) is 2.90. The third-order valence-corrected chi connectivity index (χ3v) is 3.45. The van der Waals surface area contributed by atoms with Crippen LogP contribution in [0.15, 0.2) is 18.2 Å². The van der Waals surface area contributed by atoms with Gasteiger partial charge >= 0.3 is 0 Å². The number of alkyl halides is 1. The Labute approximate surface area is 112 Å². The van der Waals surface area contributed by atoms with E-state index >= 15 is 0 Å². The predicted molar refractivity (Wildman–Crippen MR) is 70.9 cm³/mol. The maximum atomic E-state index is 11.6. The quantitative estimate of drug-likeness (QED) is 0.606. The number of ether oxygens (including phenoxy) is 2. The van der Waals surface area contributed by atoms with Gasteiger partial charge in [0.05, 0.1) is 19.1 Å². The zero-order valence-corrected chi connectivity index (χ0v) is 11.2. The fraction of sp³-hybridized carbons (Fsp3) is 0.500. The molecular weight excluding hydrogens is 252 g/mol. The summed E-state index contributed by atoms with van der Waals surface area (Å²) < 4.78 is 11.2. The second kappa shape index (κ2) is 6.10. The molecule has 0 heterocycles. The number of halogens is 1. The van der Waals surface area contributed by atoms with Crippen LogP contribution in [0.3, 0.4) is 0 Å². The van der Waals surface area contributed by atoms with Crippen LogP contribution in [-0.4, -0.2) is 24.9 Å². The predicted octanol–water partition coefficient (Wildman–Crippen LogP) is 3.44. The molecule has 0 amide bonds. The lowest BCUT2D eigenvalue weighted by molar-refractivity contribution is 0.102. The summed E-state index contributed by atoms with van der Waals surface area (Å²) in [6.45, 7) is 0. The fourth-order valence-corrected chi connectivity index (χ4v) is 2.36. The van der Waals surface area contributed by atoms with Gasteiger partial charge in [-0.2, -0.15) is 0 Å². The summed E-state index contributed by atoms with van der Waals surface area (Å²) in [5.74, 6) is 1.18. The average molecular weight is 269 g/mol. The van der Waals surface area contributed by atoms with E-state index in [9.17, 15) is 4.79 Å². The van der Waals surface area contributed by atoms with Gasteiger partial charge in [0.2, 0.25) is 0 Å². The summed E-state index contributed by atoms with van der Waals surface area (Å²) in [6, 6.07) is 5.19. The summed E-state index contributed by atoms with van der Waals surface area (Å²) in [6.07, 6.45) is 4.77. The Morgan fingerprint density at radius 1 is 1.33 bits per heavy atom. The third-order valence-electron chi connectivity index (χ3n) is 3.20. The monoisotopic (exact) mass is 268 g/mol. The smallest absolute Gasteiger partial charge is 0.177 e.